The lowest BCUT2D eigenvalue weighted by atomic mass is 9.99. The third-order valence-electron chi connectivity index (χ3n) is 6.53. The number of rotatable bonds is 4. The van der Waals surface area contributed by atoms with Crippen molar-refractivity contribution in [3.8, 4) is 11.5 Å². The van der Waals surface area contributed by atoms with Crippen molar-refractivity contribution in [3.05, 3.63) is 106 Å². The zero-order chi connectivity index (χ0) is 25.5. The molecule has 0 saturated carbocycles. The first kappa shape index (κ1) is 22.9. The molecule has 3 heterocycles. The number of pyridine rings is 1. The number of carbonyl (C=O) groups is 2. The summed E-state index contributed by atoms with van der Waals surface area (Å²) in [6.45, 7) is 0.594. The van der Waals surface area contributed by atoms with Gasteiger partial charge in [0, 0.05) is 12.1 Å². The molecule has 1 fully saturated rings. The number of amides is 2. The zero-order valence-corrected chi connectivity index (χ0v) is 20.5. The molecule has 2 amide bonds. The number of thiocarbonyl (C=S) groups is 1. The quantitative estimate of drug-likeness (QED) is 0.249. The highest BCUT2D eigenvalue weighted by molar-refractivity contribution is 7.80. The molecule has 182 valence electrons. The number of para-hydroxylation sites is 2. The molecule has 8 heteroatoms. The van der Waals surface area contributed by atoms with E-state index in [1.54, 1.807) is 34.9 Å². The molecule has 3 aromatic carbocycles. The van der Waals surface area contributed by atoms with Gasteiger partial charge < -0.3 is 9.30 Å². The van der Waals surface area contributed by atoms with E-state index in [1.807, 2.05) is 48.5 Å². The number of nitrogens with zero attached hydrogens (tertiary/aromatic N) is 2. The minimum absolute atomic E-state index is 0.0288. The minimum atomic E-state index is -0.637. The van der Waals surface area contributed by atoms with Crippen LogP contribution in [0.5, 0.6) is 11.5 Å². The van der Waals surface area contributed by atoms with Crippen molar-refractivity contribution in [3.63, 3.8) is 0 Å². The largest absolute Gasteiger partial charge is 0.457 e. The van der Waals surface area contributed by atoms with E-state index < -0.39 is 11.8 Å². The first-order chi connectivity index (χ1) is 18.0. The molecule has 37 heavy (non-hydrogen) atoms. The van der Waals surface area contributed by atoms with Crippen LogP contribution < -0.4 is 20.5 Å². The predicted molar refractivity (Wildman–Crippen MR) is 146 cm³/mol. The van der Waals surface area contributed by atoms with Crippen molar-refractivity contribution in [1.82, 2.24) is 9.88 Å². The fraction of sp³-hybridized carbons (Fsp3) is 0.103. The van der Waals surface area contributed by atoms with Gasteiger partial charge in [0.25, 0.3) is 17.4 Å². The van der Waals surface area contributed by atoms with Crippen LogP contribution >= 0.6 is 12.2 Å². The molecule has 1 saturated heterocycles. The van der Waals surface area contributed by atoms with Gasteiger partial charge in [0.05, 0.1) is 11.2 Å². The van der Waals surface area contributed by atoms with Gasteiger partial charge in [-0.2, -0.15) is 0 Å². The maximum Gasteiger partial charge on any atom is 0.270 e. The predicted octanol–water partition coefficient (Wildman–Crippen LogP) is 4.57. The van der Waals surface area contributed by atoms with Crippen LogP contribution in [0.15, 0.2) is 89.2 Å². The number of hydrogen-bond acceptors (Lipinski definition) is 5. The highest BCUT2D eigenvalue weighted by atomic mass is 32.1. The number of nitrogens with one attached hydrogen (secondary N) is 1. The van der Waals surface area contributed by atoms with Gasteiger partial charge in [-0.05, 0) is 84.5 Å². The Morgan fingerprint density at radius 3 is 2.43 bits per heavy atom. The summed E-state index contributed by atoms with van der Waals surface area (Å²) < 4.78 is 7.56. The number of aryl methyl sites for hydroxylation is 2. The Balaban J connectivity index is 1.35. The molecule has 0 unspecified atom stereocenters. The molecule has 0 aliphatic carbocycles. The third-order valence-corrected chi connectivity index (χ3v) is 6.81. The Labute approximate surface area is 217 Å². The van der Waals surface area contributed by atoms with Crippen LogP contribution in [0.1, 0.15) is 17.5 Å². The third kappa shape index (κ3) is 4.11. The van der Waals surface area contributed by atoms with Crippen molar-refractivity contribution < 1.29 is 14.3 Å². The van der Waals surface area contributed by atoms with Crippen LogP contribution in [0.25, 0.3) is 17.0 Å². The minimum Gasteiger partial charge on any atom is -0.457 e. The lowest BCUT2D eigenvalue weighted by Gasteiger charge is -2.29. The molecule has 2 aliphatic heterocycles. The smallest absolute Gasteiger partial charge is 0.270 e. The number of aromatic nitrogens is 1. The van der Waals surface area contributed by atoms with E-state index in [9.17, 15) is 14.4 Å². The molecule has 0 radical (unpaired) electrons. The molecule has 4 aromatic rings. The van der Waals surface area contributed by atoms with Crippen molar-refractivity contribution >= 4 is 51.8 Å². The summed E-state index contributed by atoms with van der Waals surface area (Å²) in [6.07, 6.45) is 3.14. The molecule has 0 spiro atoms. The van der Waals surface area contributed by atoms with Crippen LogP contribution in [0.3, 0.4) is 0 Å². The van der Waals surface area contributed by atoms with E-state index in [4.69, 9.17) is 17.0 Å². The average molecular weight is 508 g/mol. The van der Waals surface area contributed by atoms with Gasteiger partial charge in [0.1, 0.15) is 17.1 Å². The van der Waals surface area contributed by atoms with E-state index in [1.165, 1.54) is 11.0 Å². The molecule has 1 aromatic heterocycles. The maximum absolute atomic E-state index is 13.5. The van der Waals surface area contributed by atoms with Gasteiger partial charge >= 0.3 is 0 Å². The number of carbonyl (C=O) groups excluding carboxylic acids is 2. The molecule has 1 N–H and O–H groups in total. The molecule has 2 aliphatic rings. The summed E-state index contributed by atoms with van der Waals surface area (Å²) in [5.74, 6) is 0.0346. The average Bonchev–Trinajstić information content (AvgIpc) is 2.90. The topological polar surface area (TPSA) is 80.6 Å². The van der Waals surface area contributed by atoms with E-state index in [0.717, 1.165) is 29.3 Å². The van der Waals surface area contributed by atoms with E-state index in [0.29, 0.717) is 23.7 Å². The highest BCUT2D eigenvalue weighted by Gasteiger charge is 2.35. The fourth-order valence-corrected chi connectivity index (χ4v) is 5.11. The SMILES string of the molecule is O=C1NC(=S)N(c2ccc(Oc3ccccc3)cc2)C(=O)C1=Cc1cc2cccc3c2n(c1=O)CCC3. The summed E-state index contributed by atoms with van der Waals surface area (Å²) >= 11 is 5.32. The monoisotopic (exact) mass is 507 g/mol. The summed E-state index contributed by atoms with van der Waals surface area (Å²) in [5.41, 5.74) is 2.41. The number of hydrogen-bond donors (Lipinski definition) is 1. The highest BCUT2D eigenvalue weighted by Crippen LogP contribution is 2.28. The van der Waals surface area contributed by atoms with Crippen molar-refractivity contribution in [2.45, 2.75) is 19.4 Å². The summed E-state index contributed by atoms with van der Waals surface area (Å²) in [6, 6.07) is 23.8. The zero-order valence-electron chi connectivity index (χ0n) is 19.6. The second-order valence-electron chi connectivity index (χ2n) is 8.88. The normalized spacial score (nSPS) is 16.3. The number of anilines is 1. The van der Waals surface area contributed by atoms with E-state index >= 15 is 0 Å². The van der Waals surface area contributed by atoms with Crippen molar-refractivity contribution in [1.29, 1.82) is 0 Å². The van der Waals surface area contributed by atoms with Gasteiger partial charge in [-0.3, -0.25) is 24.6 Å². The lowest BCUT2D eigenvalue weighted by Crippen LogP contribution is -2.54. The van der Waals surface area contributed by atoms with Crippen LogP contribution in [0, 0.1) is 0 Å². The van der Waals surface area contributed by atoms with Gasteiger partial charge in [-0.25, -0.2) is 0 Å². The maximum atomic E-state index is 13.5. The fourth-order valence-electron chi connectivity index (χ4n) is 4.82. The van der Waals surface area contributed by atoms with Crippen molar-refractivity contribution in [2.24, 2.45) is 0 Å². The lowest BCUT2D eigenvalue weighted by molar-refractivity contribution is -0.122. The van der Waals surface area contributed by atoms with E-state index in [-0.39, 0.29) is 21.8 Å². The standard InChI is InChI=1S/C29H21N3O4S/c33-26-24(17-20-16-19-7-4-6-18-8-5-15-31(25(18)19)27(20)34)28(35)32(29(37)30-26)21-11-13-23(14-12-21)36-22-9-2-1-3-10-22/h1-4,6-7,9-14,16-17H,5,8,15H2,(H,30,33,37). The Kier molecular flexibility index (Phi) is 5.65. The molecular formula is C29H21N3O4S. The van der Waals surface area contributed by atoms with Crippen LogP contribution in [0.2, 0.25) is 0 Å². The first-order valence-corrected chi connectivity index (χ1v) is 12.3. The number of benzene rings is 3. The van der Waals surface area contributed by atoms with Gasteiger partial charge in [0.2, 0.25) is 0 Å². The van der Waals surface area contributed by atoms with Crippen LogP contribution in [0.4, 0.5) is 5.69 Å². The van der Waals surface area contributed by atoms with Crippen molar-refractivity contribution in [2.75, 3.05) is 4.90 Å². The Bertz CT molecular complexity index is 1670. The molecule has 7 nitrogen and oxygen atoms in total. The Hall–Kier alpha value is -4.56. The van der Waals surface area contributed by atoms with Crippen LogP contribution in [-0.4, -0.2) is 21.5 Å². The van der Waals surface area contributed by atoms with Gasteiger partial charge in [-0.1, -0.05) is 36.4 Å². The van der Waals surface area contributed by atoms with E-state index in [2.05, 4.69) is 5.32 Å². The first-order valence-electron chi connectivity index (χ1n) is 11.9. The molecule has 6 rings (SSSR count). The molecular weight excluding hydrogens is 486 g/mol. The Morgan fingerprint density at radius 2 is 1.65 bits per heavy atom. The summed E-state index contributed by atoms with van der Waals surface area (Å²) in [7, 11) is 0. The second kappa shape index (κ2) is 9.15. The molecule has 0 bridgehead atoms. The summed E-state index contributed by atoms with van der Waals surface area (Å²) in [4.78, 5) is 40.9. The summed E-state index contributed by atoms with van der Waals surface area (Å²) in [5, 5.41) is 3.45. The Morgan fingerprint density at radius 1 is 0.892 bits per heavy atom. The van der Waals surface area contributed by atoms with Crippen LogP contribution in [-0.2, 0) is 22.6 Å². The second-order valence-corrected chi connectivity index (χ2v) is 9.27. The van der Waals surface area contributed by atoms with Gasteiger partial charge in [-0.15, -0.1) is 0 Å². The van der Waals surface area contributed by atoms with Gasteiger partial charge in [0.15, 0.2) is 5.11 Å². The number of ether oxygens (including phenoxy) is 1. The molecule has 0 atom stereocenters.